The fraction of sp³-hybridized carbons (Fsp3) is 0.357. The summed E-state index contributed by atoms with van der Waals surface area (Å²) in [7, 11) is 0. The maximum atomic E-state index is 6.02. The number of nitrogens with zero attached hydrogens (tertiary/aromatic N) is 4. The van der Waals surface area contributed by atoms with Crippen molar-refractivity contribution in [2.45, 2.75) is 26.8 Å². The third kappa shape index (κ3) is 2.54. The Kier molecular flexibility index (Phi) is 3.47. The van der Waals surface area contributed by atoms with Gasteiger partial charge in [-0.25, -0.2) is 4.98 Å². The topological polar surface area (TPSA) is 92.0 Å². The van der Waals surface area contributed by atoms with Crippen LogP contribution in [0.3, 0.4) is 0 Å². The summed E-state index contributed by atoms with van der Waals surface area (Å²) in [6.45, 7) is 4.88. The van der Waals surface area contributed by atoms with E-state index < -0.39 is 0 Å². The lowest BCUT2D eigenvalue weighted by atomic mass is 10.3. The third-order valence-corrected chi connectivity index (χ3v) is 3.10. The molecule has 0 aliphatic heterocycles. The number of hydrogen-bond donors (Lipinski definition) is 1. The molecule has 0 spiro atoms. The van der Waals surface area contributed by atoms with Crippen LogP contribution in [0.1, 0.15) is 25.1 Å². The molecule has 0 amide bonds. The van der Waals surface area contributed by atoms with Crippen LogP contribution < -0.4 is 10.5 Å². The number of aryl methyl sites for hydroxylation is 1. The number of benzene rings is 1. The molecule has 2 heterocycles. The minimum atomic E-state index is 0.403. The molecule has 0 atom stereocenters. The van der Waals surface area contributed by atoms with Gasteiger partial charge < -0.3 is 19.6 Å². The first kappa shape index (κ1) is 13.4. The van der Waals surface area contributed by atoms with Gasteiger partial charge in [0.2, 0.25) is 11.8 Å². The Balaban J connectivity index is 2.00. The van der Waals surface area contributed by atoms with Gasteiger partial charge in [0.05, 0.1) is 18.7 Å². The van der Waals surface area contributed by atoms with Gasteiger partial charge in [0.15, 0.2) is 5.82 Å². The van der Waals surface area contributed by atoms with E-state index in [4.69, 9.17) is 15.0 Å². The minimum Gasteiger partial charge on any atom is -0.491 e. The van der Waals surface area contributed by atoms with E-state index >= 15 is 0 Å². The van der Waals surface area contributed by atoms with Crippen LogP contribution in [0.5, 0.6) is 5.75 Å². The summed E-state index contributed by atoms with van der Waals surface area (Å²) < 4.78 is 12.5. The number of anilines is 1. The van der Waals surface area contributed by atoms with Gasteiger partial charge >= 0.3 is 0 Å². The van der Waals surface area contributed by atoms with Crippen LogP contribution in [-0.4, -0.2) is 26.3 Å². The second kappa shape index (κ2) is 5.43. The molecule has 0 unspecified atom stereocenters. The van der Waals surface area contributed by atoms with Crippen molar-refractivity contribution in [1.82, 2.24) is 19.7 Å². The smallest absolute Gasteiger partial charge is 0.223 e. The van der Waals surface area contributed by atoms with Gasteiger partial charge in [0, 0.05) is 6.92 Å². The summed E-state index contributed by atoms with van der Waals surface area (Å²) in [6, 6.07) is 5.77. The Labute approximate surface area is 121 Å². The van der Waals surface area contributed by atoms with Crippen molar-refractivity contribution in [2.75, 3.05) is 12.3 Å². The fourth-order valence-corrected chi connectivity index (χ4v) is 2.18. The van der Waals surface area contributed by atoms with Crippen molar-refractivity contribution in [2.24, 2.45) is 0 Å². The minimum absolute atomic E-state index is 0.403. The molecule has 7 nitrogen and oxygen atoms in total. The third-order valence-electron chi connectivity index (χ3n) is 3.10. The summed E-state index contributed by atoms with van der Waals surface area (Å²) in [4.78, 5) is 8.59. The SMILES string of the molecule is CCCOc1cccc2c1nc(N)n2Cc1noc(C)n1. The lowest BCUT2D eigenvalue weighted by molar-refractivity contribution is 0.320. The van der Waals surface area contributed by atoms with Gasteiger partial charge in [0.1, 0.15) is 11.3 Å². The summed E-state index contributed by atoms with van der Waals surface area (Å²) in [6.07, 6.45) is 0.939. The fourth-order valence-electron chi connectivity index (χ4n) is 2.18. The zero-order valence-corrected chi connectivity index (χ0v) is 12.0. The summed E-state index contributed by atoms with van der Waals surface area (Å²) in [5.74, 6) is 2.24. The normalized spacial score (nSPS) is 11.1. The molecule has 1 aromatic carbocycles. The Morgan fingerprint density at radius 3 is 2.90 bits per heavy atom. The number of ether oxygens (including phenoxy) is 1. The molecule has 0 radical (unpaired) electrons. The van der Waals surface area contributed by atoms with Crippen LogP contribution in [0.2, 0.25) is 0 Å². The molecule has 0 saturated carbocycles. The number of nitrogens with two attached hydrogens (primary N) is 1. The van der Waals surface area contributed by atoms with E-state index in [-0.39, 0.29) is 0 Å². The highest BCUT2D eigenvalue weighted by Gasteiger charge is 2.14. The van der Waals surface area contributed by atoms with Crippen molar-refractivity contribution in [3.8, 4) is 5.75 Å². The Morgan fingerprint density at radius 2 is 2.19 bits per heavy atom. The van der Waals surface area contributed by atoms with E-state index in [9.17, 15) is 0 Å². The van der Waals surface area contributed by atoms with E-state index in [2.05, 4.69) is 22.0 Å². The number of imidazole rings is 1. The number of hydrogen-bond acceptors (Lipinski definition) is 6. The Bertz CT molecular complexity index is 762. The number of rotatable bonds is 5. The standard InChI is InChI=1S/C14H17N5O2/c1-3-7-20-11-6-4-5-10-13(11)17-14(15)19(10)8-12-16-9(2)21-18-12/h4-6H,3,7-8H2,1-2H3,(H2,15,17). The predicted molar refractivity (Wildman–Crippen MR) is 78.1 cm³/mol. The molecule has 3 rings (SSSR count). The second-order valence-corrected chi connectivity index (χ2v) is 4.76. The molecule has 110 valence electrons. The Morgan fingerprint density at radius 1 is 1.33 bits per heavy atom. The average Bonchev–Trinajstić information content (AvgIpc) is 3.02. The first-order chi connectivity index (χ1) is 10.2. The highest BCUT2D eigenvalue weighted by molar-refractivity contribution is 5.84. The van der Waals surface area contributed by atoms with E-state index in [1.54, 1.807) is 6.92 Å². The molecule has 0 saturated heterocycles. The van der Waals surface area contributed by atoms with Crippen LogP contribution in [0, 0.1) is 6.92 Å². The molecule has 0 fully saturated rings. The molecule has 0 aliphatic carbocycles. The van der Waals surface area contributed by atoms with E-state index in [1.807, 2.05) is 22.8 Å². The molecular formula is C14H17N5O2. The number of fused-ring (bicyclic) bond motifs is 1. The van der Waals surface area contributed by atoms with Gasteiger partial charge in [0.25, 0.3) is 0 Å². The zero-order valence-electron chi connectivity index (χ0n) is 12.0. The van der Waals surface area contributed by atoms with Crippen LogP contribution in [0.25, 0.3) is 11.0 Å². The molecule has 21 heavy (non-hydrogen) atoms. The molecule has 2 aromatic heterocycles. The zero-order chi connectivity index (χ0) is 14.8. The average molecular weight is 287 g/mol. The highest BCUT2D eigenvalue weighted by atomic mass is 16.5. The van der Waals surface area contributed by atoms with Crippen molar-refractivity contribution in [3.05, 3.63) is 29.9 Å². The van der Waals surface area contributed by atoms with Gasteiger partial charge in [-0.15, -0.1) is 0 Å². The second-order valence-electron chi connectivity index (χ2n) is 4.76. The summed E-state index contributed by atoms with van der Waals surface area (Å²) >= 11 is 0. The van der Waals surface area contributed by atoms with Crippen molar-refractivity contribution < 1.29 is 9.26 Å². The van der Waals surface area contributed by atoms with E-state index in [1.165, 1.54) is 0 Å². The van der Waals surface area contributed by atoms with E-state index in [0.717, 1.165) is 23.2 Å². The summed E-state index contributed by atoms with van der Waals surface area (Å²) in [5.41, 5.74) is 7.66. The number of nitrogen functional groups attached to an aromatic ring is 1. The van der Waals surface area contributed by atoms with Crippen molar-refractivity contribution in [1.29, 1.82) is 0 Å². The molecule has 0 bridgehead atoms. The first-order valence-electron chi connectivity index (χ1n) is 6.85. The quantitative estimate of drug-likeness (QED) is 0.773. The van der Waals surface area contributed by atoms with E-state index in [0.29, 0.717) is 30.8 Å². The molecule has 7 heteroatoms. The molecule has 0 aliphatic rings. The molecule has 3 aromatic rings. The monoisotopic (exact) mass is 287 g/mol. The first-order valence-corrected chi connectivity index (χ1v) is 6.85. The van der Waals surface area contributed by atoms with Gasteiger partial charge in [-0.05, 0) is 18.6 Å². The maximum Gasteiger partial charge on any atom is 0.223 e. The maximum absolute atomic E-state index is 6.02. The highest BCUT2D eigenvalue weighted by Crippen LogP contribution is 2.27. The largest absolute Gasteiger partial charge is 0.491 e. The lowest BCUT2D eigenvalue weighted by Crippen LogP contribution is -2.05. The number of para-hydroxylation sites is 1. The Hall–Kier alpha value is -2.57. The van der Waals surface area contributed by atoms with Gasteiger partial charge in [-0.1, -0.05) is 18.1 Å². The van der Waals surface area contributed by atoms with Crippen LogP contribution in [0.15, 0.2) is 22.7 Å². The number of aromatic nitrogens is 4. The van der Waals surface area contributed by atoms with Gasteiger partial charge in [-0.3, -0.25) is 0 Å². The summed E-state index contributed by atoms with van der Waals surface area (Å²) in [5, 5.41) is 3.89. The van der Waals surface area contributed by atoms with Crippen LogP contribution >= 0.6 is 0 Å². The molecule has 2 N–H and O–H groups in total. The van der Waals surface area contributed by atoms with Crippen LogP contribution in [-0.2, 0) is 6.54 Å². The van der Waals surface area contributed by atoms with Crippen LogP contribution in [0.4, 0.5) is 5.95 Å². The molecular weight excluding hydrogens is 270 g/mol. The van der Waals surface area contributed by atoms with Crippen molar-refractivity contribution in [3.63, 3.8) is 0 Å². The lowest BCUT2D eigenvalue weighted by Gasteiger charge is -2.06. The van der Waals surface area contributed by atoms with Gasteiger partial charge in [-0.2, -0.15) is 4.98 Å². The predicted octanol–water partition coefficient (Wildman–Crippen LogP) is 2.15. The van der Waals surface area contributed by atoms with Crippen molar-refractivity contribution >= 4 is 17.0 Å².